The molecule has 0 saturated heterocycles. The molecule has 6 rings (SSSR count). The molecule has 1 aliphatic heterocycles. The van der Waals surface area contributed by atoms with Gasteiger partial charge in [-0.25, -0.2) is 23.2 Å². The van der Waals surface area contributed by atoms with Crippen LogP contribution in [-0.4, -0.2) is 72.3 Å². The lowest BCUT2D eigenvalue weighted by Gasteiger charge is -2.35. The van der Waals surface area contributed by atoms with Gasteiger partial charge < -0.3 is 15.4 Å². The number of amides is 2. The number of ether oxygens (including phenoxy) is 1. The number of nitrogens with one attached hydrogen (secondary N) is 2. The number of guanidine groups is 1. The highest BCUT2D eigenvalue weighted by atomic mass is 35.5. The van der Waals surface area contributed by atoms with E-state index in [4.69, 9.17) is 16.3 Å². The third kappa shape index (κ3) is 7.59. The normalized spacial score (nSPS) is 19.1. The predicted molar refractivity (Wildman–Crippen MR) is 180 cm³/mol. The van der Waals surface area contributed by atoms with E-state index >= 15 is 8.78 Å². The molecule has 3 heterocycles. The van der Waals surface area contributed by atoms with Crippen molar-refractivity contribution in [3.05, 3.63) is 82.8 Å². The smallest absolute Gasteiger partial charge is 0.411 e. The van der Waals surface area contributed by atoms with E-state index in [0.717, 1.165) is 22.0 Å². The Hall–Kier alpha value is -5.06. The molecule has 4 aromatic rings. The fraction of sp³-hybridized carbons (Fsp3) is 0.412. The summed E-state index contributed by atoms with van der Waals surface area (Å²) < 4.78 is 81.0. The fourth-order valence-electron chi connectivity index (χ4n) is 5.62. The maximum Gasteiger partial charge on any atom is 0.411 e. The van der Waals surface area contributed by atoms with E-state index in [0.29, 0.717) is 12.1 Å². The molecule has 0 spiro atoms. The Kier molecular flexibility index (Phi) is 9.76. The quantitative estimate of drug-likeness (QED) is 0.157. The molecule has 1 unspecified atom stereocenters. The van der Waals surface area contributed by atoms with Crippen LogP contribution in [0, 0.1) is 11.2 Å². The second-order valence-electron chi connectivity index (χ2n) is 13.8. The minimum atomic E-state index is -4.72. The molecule has 1 fully saturated rings. The van der Waals surface area contributed by atoms with Gasteiger partial charge >= 0.3 is 12.3 Å². The number of halogens is 6. The number of alkyl halides is 4. The van der Waals surface area contributed by atoms with Crippen molar-refractivity contribution in [1.82, 2.24) is 40.1 Å². The van der Waals surface area contributed by atoms with Crippen LogP contribution in [0.25, 0.3) is 16.9 Å². The van der Waals surface area contributed by atoms with Gasteiger partial charge in [-0.2, -0.15) is 23.4 Å². The number of benzene rings is 2. The van der Waals surface area contributed by atoms with Crippen molar-refractivity contribution < 1.29 is 36.3 Å². The molecule has 52 heavy (non-hydrogen) atoms. The van der Waals surface area contributed by atoms with Crippen molar-refractivity contribution in [2.75, 3.05) is 13.2 Å². The lowest BCUT2D eigenvalue weighted by molar-refractivity contribution is -0.164. The van der Waals surface area contributed by atoms with Gasteiger partial charge in [0.2, 0.25) is 12.3 Å². The van der Waals surface area contributed by atoms with Crippen molar-refractivity contribution in [2.24, 2.45) is 17.5 Å². The molecule has 0 radical (unpaired) electrons. The number of alkyl carbamates (subject to hydrolysis) is 1. The van der Waals surface area contributed by atoms with E-state index in [-0.39, 0.29) is 64.0 Å². The number of aromatic nitrogens is 5. The lowest BCUT2D eigenvalue weighted by atomic mass is 9.92. The topological polar surface area (TPSA) is 132 Å². The summed E-state index contributed by atoms with van der Waals surface area (Å²) in [5.41, 5.74) is -2.06. The average Bonchev–Trinajstić information content (AvgIpc) is 3.48. The van der Waals surface area contributed by atoms with E-state index in [1.807, 2.05) is 26.1 Å². The Bertz CT molecular complexity index is 2020. The molecule has 2 aliphatic rings. The van der Waals surface area contributed by atoms with Gasteiger partial charge in [0.1, 0.15) is 24.3 Å². The van der Waals surface area contributed by atoms with Crippen LogP contribution >= 0.6 is 11.6 Å². The standard InChI is InChI=1S/C34H35ClF5N9O3/c1-32(2,3)12-13-41-30-44-27(37)28-42-18-43-49(28)25-16-19(6-8-22(25)35)26(17-52-31(51)45-33(10-11-33)34(38,39)40)48(30)29(50)20-5-7-21(23(36)15-20)24-9-14-47(4)46-24/h5-9,14-16,18,26-27H,10-13,17H2,1-4H3,(H,41,44)(H,45,51)/t26-,27?/m1/s1. The Morgan fingerprint density at radius 1 is 1.13 bits per heavy atom. The summed E-state index contributed by atoms with van der Waals surface area (Å²) >= 11 is 6.51. The molecule has 2 aromatic heterocycles. The Labute approximate surface area is 300 Å². The van der Waals surface area contributed by atoms with E-state index in [1.165, 1.54) is 35.0 Å². The van der Waals surface area contributed by atoms with Gasteiger partial charge in [-0.05, 0) is 66.6 Å². The molecule has 2 atom stereocenters. The van der Waals surface area contributed by atoms with E-state index < -0.39 is 48.5 Å². The molecule has 18 heteroatoms. The number of aliphatic imine (C=N–C) groups is 1. The maximum absolute atomic E-state index is 16.3. The fourth-order valence-corrected chi connectivity index (χ4v) is 5.82. The second-order valence-corrected chi connectivity index (χ2v) is 14.2. The second kappa shape index (κ2) is 13.8. The molecule has 1 saturated carbocycles. The zero-order valence-electron chi connectivity index (χ0n) is 28.5. The number of nitrogens with zero attached hydrogens (tertiary/aromatic N) is 7. The highest BCUT2D eigenvalue weighted by Gasteiger charge is 2.64. The molecule has 2 N–H and O–H groups in total. The van der Waals surface area contributed by atoms with Crippen LogP contribution in [0.15, 0.2) is 60.0 Å². The van der Waals surface area contributed by atoms with Crippen molar-refractivity contribution in [1.29, 1.82) is 0 Å². The first-order valence-electron chi connectivity index (χ1n) is 16.3. The molecule has 2 bridgehead atoms. The Morgan fingerprint density at radius 3 is 2.52 bits per heavy atom. The van der Waals surface area contributed by atoms with E-state index in [2.05, 4.69) is 25.5 Å². The van der Waals surface area contributed by atoms with Gasteiger partial charge in [-0.15, -0.1) is 0 Å². The van der Waals surface area contributed by atoms with Gasteiger partial charge in [0, 0.05) is 30.9 Å². The van der Waals surface area contributed by atoms with Crippen molar-refractivity contribution >= 4 is 29.6 Å². The third-order valence-electron chi connectivity index (χ3n) is 8.73. The number of hydrogen-bond acceptors (Lipinski definition) is 7. The number of carbonyl (C=O) groups is 2. The molecular weight excluding hydrogens is 713 g/mol. The minimum absolute atomic E-state index is 0.0794. The van der Waals surface area contributed by atoms with Crippen molar-refractivity contribution in [2.45, 2.75) is 64.1 Å². The SMILES string of the molecule is Cn1ccc(-c2ccc(C(=O)N3C(=NCCC(C)(C)C)NC(F)c4ncnn4-c4cc(ccc4Cl)[C@H]3COC(=O)NC3(C(F)(F)F)CC3)cc2F)n1. The predicted octanol–water partition coefficient (Wildman–Crippen LogP) is 6.83. The monoisotopic (exact) mass is 747 g/mol. The van der Waals surface area contributed by atoms with E-state index in [1.54, 1.807) is 19.3 Å². The first-order valence-corrected chi connectivity index (χ1v) is 16.6. The summed E-state index contributed by atoms with van der Waals surface area (Å²) in [5.74, 6) is -2.27. The summed E-state index contributed by atoms with van der Waals surface area (Å²) in [6, 6.07) is 8.32. The molecule has 12 nitrogen and oxygen atoms in total. The van der Waals surface area contributed by atoms with Crippen LogP contribution in [0.3, 0.4) is 0 Å². The minimum Gasteiger partial charge on any atom is -0.447 e. The summed E-state index contributed by atoms with van der Waals surface area (Å²) in [4.78, 5) is 37.2. The highest BCUT2D eigenvalue weighted by molar-refractivity contribution is 6.32. The van der Waals surface area contributed by atoms with Crippen molar-refractivity contribution in [3.63, 3.8) is 0 Å². The zero-order valence-corrected chi connectivity index (χ0v) is 29.3. The van der Waals surface area contributed by atoms with Crippen LogP contribution in [0.1, 0.15) is 74.1 Å². The molecule has 2 amide bonds. The van der Waals surface area contributed by atoms with Gasteiger partial charge in [0.15, 0.2) is 5.82 Å². The summed E-state index contributed by atoms with van der Waals surface area (Å²) in [6.07, 6.45) is -5.69. The Morgan fingerprint density at radius 2 is 1.88 bits per heavy atom. The maximum atomic E-state index is 16.3. The third-order valence-corrected chi connectivity index (χ3v) is 9.05. The number of aryl methyl sites for hydroxylation is 1. The number of hydrogen-bond donors (Lipinski definition) is 2. The first-order chi connectivity index (χ1) is 24.5. The lowest BCUT2D eigenvalue weighted by Crippen LogP contribution is -2.51. The van der Waals surface area contributed by atoms with Crippen LogP contribution < -0.4 is 10.6 Å². The molecule has 2 aromatic carbocycles. The molecular formula is C34H35ClF5N9O3. The molecule has 1 aliphatic carbocycles. The van der Waals surface area contributed by atoms with Gasteiger partial charge in [0.25, 0.3) is 5.91 Å². The van der Waals surface area contributed by atoms with Gasteiger partial charge in [0.05, 0.1) is 22.4 Å². The zero-order chi connectivity index (χ0) is 37.6. The van der Waals surface area contributed by atoms with Crippen LogP contribution in [0.4, 0.5) is 26.7 Å². The van der Waals surface area contributed by atoms with Crippen molar-refractivity contribution in [3.8, 4) is 16.9 Å². The Balaban J connectivity index is 1.47. The number of carbonyl (C=O) groups excluding carboxylic acids is 2. The van der Waals surface area contributed by atoms with Crippen LogP contribution in [0.5, 0.6) is 0 Å². The summed E-state index contributed by atoms with van der Waals surface area (Å²) in [7, 11) is 1.67. The summed E-state index contributed by atoms with van der Waals surface area (Å²) in [5, 5.41) is 13.0. The summed E-state index contributed by atoms with van der Waals surface area (Å²) in [6.45, 7) is 5.22. The molecule has 276 valence electrons. The van der Waals surface area contributed by atoms with Gasteiger partial charge in [-0.3, -0.25) is 19.4 Å². The number of rotatable bonds is 7. The highest BCUT2D eigenvalue weighted by Crippen LogP contribution is 2.49. The number of fused-ring (bicyclic) bond motifs is 4. The largest absolute Gasteiger partial charge is 0.447 e. The van der Waals surface area contributed by atoms with Crippen LogP contribution in [-0.2, 0) is 11.8 Å². The average molecular weight is 748 g/mol. The van der Waals surface area contributed by atoms with E-state index in [9.17, 15) is 22.8 Å². The first kappa shape index (κ1) is 36.7. The van der Waals surface area contributed by atoms with Crippen LogP contribution in [0.2, 0.25) is 5.02 Å². The van der Waals surface area contributed by atoms with Gasteiger partial charge in [-0.1, -0.05) is 38.4 Å².